The van der Waals surface area contributed by atoms with Gasteiger partial charge in [0.05, 0.1) is 18.1 Å². The Morgan fingerprint density at radius 3 is 2.46 bits per heavy atom. The molecular formula is C21H22ClN3O2S. The van der Waals surface area contributed by atoms with Crippen LogP contribution in [0.3, 0.4) is 0 Å². The summed E-state index contributed by atoms with van der Waals surface area (Å²) in [5.74, 6) is 0.138. The Bertz CT molecular complexity index is 924. The molecule has 28 heavy (non-hydrogen) atoms. The summed E-state index contributed by atoms with van der Waals surface area (Å²) in [7, 11) is 0. The van der Waals surface area contributed by atoms with E-state index in [9.17, 15) is 9.90 Å². The monoisotopic (exact) mass is 415 g/mol. The van der Waals surface area contributed by atoms with Gasteiger partial charge in [0, 0.05) is 23.5 Å². The summed E-state index contributed by atoms with van der Waals surface area (Å²) >= 11 is 7.28. The third-order valence-electron chi connectivity index (χ3n) is 4.20. The van der Waals surface area contributed by atoms with Crippen LogP contribution < -0.4 is 5.32 Å². The zero-order valence-electron chi connectivity index (χ0n) is 15.6. The van der Waals surface area contributed by atoms with Gasteiger partial charge in [0.15, 0.2) is 5.16 Å². The van der Waals surface area contributed by atoms with Crippen LogP contribution in [-0.4, -0.2) is 26.3 Å². The van der Waals surface area contributed by atoms with Gasteiger partial charge in [0.25, 0.3) is 0 Å². The summed E-state index contributed by atoms with van der Waals surface area (Å²) in [5.41, 5.74) is 3.65. The lowest BCUT2D eigenvalue weighted by molar-refractivity contribution is -0.113. The van der Waals surface area contributed by atoms with Crippen LogP contribution in [0.2, 0.25) is 5.02 Å². The van der Waals surface area contributed by atoms with Crippen LogP contribution in [0.25, 0.3) is 0 Å². The zero-order valence-corrected chi connectivity index (χ0v) is 17.1. The number of hydrogen-bond acceptors (Lipinski definition) is 4. The Balaban J connectivity index is 1.63. The van der Waals surface area contributed by atoms with Crippen LogP contribution in [0.4, 0.5) is 5.69 Å². The molecule has 0 aliphatic carbocycles. The van der Waals surface area contributed by atoms with Gasteiger partial charge in [0.1, 0.15) is 0 Å². The van der Waals surface area contributed by atoms with Crippen LogP contribution in [0.5, 0.6) is 0 Å². The van der Waals surface area contributed by atoms with Crippen molar-refractivity contribution in [1.29, 1.82) is 0 Å². The highest BCUT2D eigenvalue weighted by atomic mass is 35.5. The van der Waals surface area contributed by atoms with Crippen LogP contribution in [0, 0.1) is 0 Å². The molecule has 0 unspecified atom stereocenters. The molecule has 146 valence electrons. The van der Waals surface area contributed by atoms with Gasteiger partial charge in [-0.05, 0) is 41.8 Å². The molecule has 5 nitrogen and oxygen atoms in total. The lowest BCUT2D eigenvalue weighted by atomic mass is 10.1. The molecule has 1 amide bonds. The van der Waals surface area contributed by atoms with Crippen LogP contribution >= 0.6 is 23.4 Å². The first kappa shape index (κ1) is 20.5. The summed E-state index contributed by atoms with van der Waals surface area (Å²) in [6.45, 7) is 2.54. The van der Waals surface area contributed by atoms with Gasteiger partial charge in [-0.2, -0.15) is 0 Å². The van der Waals surface area contributed by atoms with Crippen molar-refractivity contribution in [2.45, 2.75) is 31.7 Å². The number of thioether (sulfide) groups is 1. The minimum Gasteiger partial charge on any atom is -0.390 e. The van der Waals surface area contributed by atoms with Gasteiger partial charge < -0.3 is 15.0 Å². The van der Waals surface area contributed by atoms with Crippen molar-refractivity contribution < 1.29 is 9.90 Å². The van der Waals surface area contributed by atoms with Crippen molar-refractivity contribution in [3.05, 3.63) is 76.6 Å². The third kappa shape index (κ3) is 5.61. The molecular weight excluding hydrogens is 394 g/mol. The van der Waals surface area contributed by atoms with Crippen LogP contribution in [0.15, 0.2) is 59.9 Å². The van der Waals surface area contributed by atoms with Crippen molar-refractivity contribution in [2.75, 3.05) is 11.1 Å². The zero-order chi connectivity index (χ0) is 19.9. The second-order valence-electron chi connectivity index (χ2n) is 6.31. The summed E-state index contributed by atoms with van der Waals surface area (Å²) < 4.78 is 1.93. The number of nitrogens with zero attached hydrogens (tertiary/aromatic N) is 2. The second kappa shape index (κ2) is 9.78. The first-order chi connectivity index (χ1) is 13.6. The number of aromatic nitrogens is 2. The minimum absolute atomic E-state index is 0.0964. The highest BCUT2D eigenvalue weighted by molar-refractivity contribution is 7.99. The van der Waals surface area contributed by atoms with Crippen molar-refractivity contribution >= 4 is 35.0 Å². The summed E-state index contributed by atoms with van der Waals surface area (Å²) in [6.07, 6.45) is 2.77. The van der Waals surface area contributed by atoms with E-state index < -0.39 is 0 Å². The number of anilines is 1. The number of benzene rings is 2. The fourth-order valence-corrected chi connectivity index (χ4v) is 3.62. The Morgan fingerprint density at radius 2 is 1.82 bits per heavy atom. The maximum Gasteiger partial charge on any atom is 0.234 e. The summed E-state index contributed by atoms with van der Waals surface area (Å²) in [5, 5.41) is 13.7. The number of carbonyl (C=O) groups excluding carboxylic acids is 1. The van der Waals surface area contributed by atoms with Crippen molar-refractivity contribution in [1.82, 2.24) is 9.55 Å². The predicted molar refractivity (Wildman–Crippen MR) is 114 cm³/mol. The molecule has 1 aromatic heterocycles. The topological polar surface area (TPSA) is 67.2 Å². The first-order valence-electron chi connectivity index (χ1n) is 9.00. The Labute approximate surface area is 173 Å². The number of imidazole rings is 1. The van der Waals surface area contributed by atoms with E-state index in [4.69, 9.17) is 11.6 Å². The number of rotatable bonds is 8. The molecule has 3 rings (SSSR count). The smallest absolute Gasteiger partial charge is 0.234 e. The molecule has 2 N–H and O–H groups in total. The highest BCUT2D eigenvalue weighted by Gasteiger charge is 2.12. The first-order valence-corrected chi connectivity index (χ1v) is 10.4. The quantitative estimate of drug-likeness (QED) is 0.536. The van der Waals surface area contributed by atoms with Crippen LogP contribution in [0.1, 0.15) is 23.7 Å². The number of halogens is 1. The molecule has 3 aromatic rings. The molecule has 0 aliphatic rings. The number of nitrogens with one attached hydrogen (secondary N) is 1. The molecule has 7 heteroatoms. The largest absolute Gasteiger partial charge is 0.390 e. The van der Waals surface area contributed by atoms with Crippen molar-refractivity contribution in [2.24, 2.45) is 0 Å². The Hall–Kier alpha value is -2.28. The van der Waals surface area contributed by atoms with E-state index in [0.29, 0.717) is 22.4 Å². The Kier molecular flexibility index (Phi) is 7.14. The predicted octanol–water partition coefficient (Wildman–Crippen LogP) is 4.37. The normalized spacial score (nSPS) is 10.8. The number of aliphatic hydroxyl groups is 1. The fourth-order valence-electron chi connectivity index (χ4n) is 2.69. The number of amides is 1. The van der Waals surface area contributed by atoms with Crippen molar-refractivity contribution in [3.8, 4) is 0 Å². The van der Waals surface area contributed by atoms with Gasteiger partial charge >= 0.3 is 0 Å². The van der Waals surface area contributed by atoms with Gasteiger partial charge in [0.2, 0.25) is 5.91 Å². The molecule has 0 atom stereocenters. The minimum atomic E-state index is -0.142. The van der Waals surface area contributed by atoms with E-state index in [1.807, 2.05) is 53.1 Å². The van der Waals surface area contributed by atoms with Gasteiger partial charge in [-0.3, -0.25) is 4.79 Å². The third-order valence-corrected chi connectivity index (χ3v) is 5.44. The molecule has 0 spiro atoms. The molecule has 0 saturated heterocycles. The number of hydrogen-bond donors (Lipinski definition) is 2. The second-order valence-corrected chi connectivity index (χ2v) is 7.69. The maximum atomic E-state index is 12.3. The van der Waals surface area contributed by atoms with E-state index in [2.05, 4.69) is 17.2 Å². The SMILES string of the molecule is CCc1ccc(NC(=O)CSc2nc(CO)cn2Cc2ccc(Cl)cc2)cc1. The summed E-state index contributed by atoms with van der Waals surface area (Å²) in [6, 6.07) is 15.4. The number of carbonyl (C=O) groups is 1. The van der Waals surface area contributed by atoms with Gasteiger partial charge in [-0.25, -0.2) is 4.98 Å². The van der Waals surface area contributed by atoms with E-state index in [1.165, 1.54) is 17.3 Å². The van der Waals surface area contributed by atoms with Gasteiger partial charge in [-0.1, -0.05) is 54.6 Å². The Morgan fingerprint density at radius 1 is 1.14 bits per heavy atom. The lowest BCUT2D eigenvalue weighted by Gasteiger charge is -2.08. The fraction of sp³-hybridized carbons (Fsp3) is 0.238. The van der Waals surface area contributed by atoms with Crippen LogP contribution in [-0.2, 0) is 24.4 Å². The average Bonchev–Trinajstić information content (AvgIpc) is 3.10. The van der Waals surface area contributed by atoms with E-state index in [0.717, 1.165) is 17.7 Å². The standard InChI is InChI=1S/C21H22ClN3O2S/c1-2-15-5-9-18(10-6-15)23-20(27)14-28-21-24-19(13-26)12-25(21)11-16-3-7-17(22)8-4-16/h3-10,12,26H,2,11,13-14H2,1H3,(H,23,27). The molecule has 0 fully saturated rings. The number of aryl methyl sites for hydroxylation is 1. The molecule has 0 bridgehead atoms. The molecule has 0 radical (unpaired) electrons. The molecule has 0 aliphatic heterocycles. The van der Waals surface area contributed by atoms with E-state index in [-0.39, 0.29) is 18.3 Å². The average molecular weight is 416 g/mol. The van der Waals surface area contributed by atoms with Crippen molar-refractivity contribution in [3.63, 3.8) is 0 Å². The summed E-state index contributed by atoms with van der Waals surface area (Å²) in [4.78, 5) is 16.7. The molecule has 2 aromatic carbocycles. The highest BCUT2D eigenvalue weighted by Crippen LogP contribution is 2.21. The lowest BCUT2D eigenvalue weighted by Crippen LogP contribution is -2.14. The van der Waals surface area contributed by atoms with E-state index >= 15 is 0 Å². The van der Waals surface area contributed by atoms with Gasteiger partial charge in [-0.15, -0.1) is 0 Å². The van der Waals surface area contributed by atoms with E-state index in [1.54, 1.807) is 6.20 Å². The molecule has 0 saturated carbocycles. The number of aliphatic hydroxyl groups excluding tert-OH is 1. The molecule has 1 heterocycles. The maximum absolute atomic E-state index is 12.3.